The molecule has 136 valence electrons. The Hall–Kier alpha value is -3.33. The van der Waals surface area contributed by atoms with Crippen molar-refractivity contribution < 1.29 is 9.18 Å². The van der Waals surface area contributed by atoms with E-state index in [9.17, 15) is 9.18 Å². The van der Waals surface area contributed by atoms with Crippen molar-refractivity contribution >= 4 is 34.4 Å². The third-order valence-corrected chi connectivity index (χ3v) is 4.08. The van der Waals surface area contributed by atoms with E-state index in [4.69, 9.17) is 11.6 Å². The largest absolute Gasteiger partial charge is 0.309 e. The Morgan fingerprint density at radius 1 is 1.22 bits per heavy atom. The topological polar surface area (TPSA) is 90.5 Å². The highest BCUT2D eigenvalue weighted by Gasteiger charge is 2.17. The molecule has 0 aliphatic carbocycles. The van der Waals surface area contributed by atoms with Crippen LogP contribution in [0.3, 0.4) is 0 Å². The maximum Gasteiger partial charge on any atom is 0.240 e. The van der Waals surface area contributed by atoms with Crippen LogP contribution in [-0.2, 0) is 4.79 Å². The normalized spacial score (nSPS) is 11.1. The minimum Gasteiger partial charge on any atom is -0.309 e. The van der Waals surface area contributed by atoms with E-state index in [-0.39, 0.29) is 17.6 Å². The molecule has 0 unspecified atom stereocenters. The van der Waals surface area contributed by atoms with Crippen LogP contribution in [-0.4, -0.2) is 41.3 Å². The van der Waals surface area contributed by atoms with E-state index in [0.717, 1.165) is 0 Å². The number of rotatable bonds is 4. The van der Waals surface area contributed by atoms with Crippen molar-refractivity contribution in [3.8, 4) is 11.5 Å². The SMILES string of the molecule is Cc1cc(NC(=O)CCl)n(-c2ncnc3c2cnn3-c2ccc(F)cc2)n1. The van der Waals surface area contributed by atoms with Gasteiger partial charge in [-0.05, 0) is 31.2 Å². The fourth-order valence-electron chi connectivity index (χ4n) is 2.70. The second kappa shape index (κ2) is 6.76. The van der Waals surface area contributed by atoms with Gasteiger partial charge >= 0.3 is 0 Å². The van der Waals surface area contributed by atoms with E-state index < -0.39 is 0 Å². The average Bonchev–Trinajstić information content (AvgIpc) is 3.25. The molecule has 0 saturated carbocycles. The summed E-state index contributed by atoms with van der Waals surface area (Å²) in [6.45, 7) is 1.80. The minimum atomic E-state index is -0.356. The van der Waals surface area contributed by atoms with Crippen molar-refractivity contribution in [1.29, 1.82) is 0 Å². The molecule has 4 rings (SSSR count). The summed E-state index contributed by atoms with van der Waals surface area (Å²) in [5.74, 6) is 0.0210. The average molecular weight is 386 g/mol. The summed E-state index contributed by atoms with van der Waals surface area (Å²) in [5, 5.41) is 12.0. The Morgan fingerprint density at radius 3 is 2.74 bits per heavy atom. The van der Waals surface area contributed by atoms with Crippen molar-refractivity contribution in [2.75, 3.05) is 11.2 Å². The highest BCUT2D eigenvalue weighted by Crippen LogP contribution is 2.24. The van der Waals surface area contributed by atoms with Gasteiger partial charge in [-0.2, -0.15) is 14.9 Å². The molecule has 0 aliphatic heterocycles. The third-order valence-electron chi connectivity index (χ3n) is 3.84. The van der Waals surface area contributed by atoms with Crippen LogP contribution in [0.2, 0.25) is 0 Å². The standard InChI is InChI=1S/C17H13ClFN7O/c1-10-6-14(23-15(27)7-18)26(24-10)17-13-8-22-25(16(13)20-9-21-17)12-4-2-11(19)3-5-12/h2-6,8-9H,7H2,1H3,(H,23,27). The fourth-order valence-corrected chi connectivity index (χ4v) is 2.76. The molecule has 0 bridgehead atoms. The van der Waals surface area contributed by atoms with Crippen molar-refractivity contribution in [2.45, 2.75) is 6.92 Å². The Morgan fingerprint density at radius 2 is 2.00 bits per heavy atom. The summed E-state index contributed by atoms with van der Waals surface area (Å²) in [5.41, 5.74) is 1.87. The first-order chi connectivity index (χ1) is 13.1. The highest BCUT2D eigenvalue weighted by atomic mass is 35.5. The number of nitrogens with one attached hydrogen (secondary N) is 1. The van der Waals surface area contributed by atoms with Crippen molar-refractivity contribution in [3.63, 3.8) is 0 Å². The molecule has 3 heterocycles. The van der Waals surface area contributed by atoms with E-state index in [1.165, 1.54) is 23.1 Å². The number of alkyl halides is 1. The summed E-state index contributed by atoms with van der Waals surface area (Å²) in [6.07, 6.45) is 2.97. The molecule has 0 fully saturated rings. The molecule has 1 aromatic carbocycles. The number of hydrogen-bond donors (Lipinski definition) is 1. The van der Waals surface area contributed by atoms with E-state index in [1.54, 1.807) is 36.0 Å². The Kier molecular flexibility index (Phi) is 4.28. The Balaban J connectivity index is 1.85. The van der Waals surface area contributed by atoms with E-state index in [1.807, 2.05) is 0 Å². The van der Waals surface area contributed by atoms with Crippen LogP contribution < -0.4 is 5.32 Å². The van der Waals surface area contributed by atoms with Gasteiger partial charge in [-0.3, -0.25) is 4.79 Å². The van der Waals surface area contributed by atoms with Gasteiger partial charge in [0.1, 0.15) is 23.8 Å². The summed E-state index contributed by atoms with van der Waals surface area (Å²) in [6, 6.07) is 7.62. The van der Waals surface area contributed by atoms with Gasteiger partial charge < -0.3 is 5.32 Å². The quantitative estimate of drug-likeness (QED) is 0.545. The van der Waals surface area contributed by atoms with Gasteiger partial charge in [0.25, 0.3) is 0 Å². The number of aryl methyl sites for hydroxylation is 1. The minimum absolute atomic E-state index is 0.175. The molecule has 1 amide bonds. The van der Waals surface area contributed by atoms with Gasteiger partial charge in [0.2, 0.25) is 5.91 Å². The number of halogens is 2. The molecule has 27 heavy (non-hydrogen) atoms. The molecular formula is C17H13ClFN7O. The summed E-state index contributed by atoms with van der Waals surface area (Å²) >= 11 is 5.58. The number of amides is 1. The van der Waals surface area contributed by atoms with Crippen LogP contribution >= 0.6 is 11.6 Å². The summed E-state index contributed by atoms with van der Waals surface area (Å²) in [7, 11) is 0. The van der Waals surface area contributed by atoms with Crippen LogP contribution in [0.4, 0.5) is 10.2 Å². The number of hydrogen-bond acceptors (Lipinski definition) is 5. The molecule has 0 atom stereocenters. The molecule has 4 aromatic rings. The van der Waals surface area contributed by atoms with E-state index >= 15 is 0 Å². The molecule has 0 radical (unpaired) electrons. The molecule has 3 aromatic heterocycles. The van der Waals surface area contributed by atoms with Crippen LogP contribution in [0.1, 0.15) is 5.69 Å². The van der Waals surface area contributed by atoms with Crippen molar-refractivity contribution in [2.24, 2.45) is 0 Å². The predicted molar refractivity (Wildman–Crippen MR) is 97.8 cm³/mol. The van der Waals surface area contributed by atoms with Gasteiger partial charge in [-0.25, -0.2) is 19.0 Å². The predicted octanol–water partition coefficient (Wildman–Crippen LogP) is 2.63. The molecule has 0 saturated heterocycles. The van der Waals surface area contributed by atoms with E-state index in [2.05, 4.69) is 25.5 Å². The van der Waals surface area contributed by atoms with Gasteiger partial charge in [-0.15, -0.1) is 11.6 Å². The maximum absolute atomic E-state index is 13.2. The summed E-state index contributed by atoms with van der Waals surface area (Å²) < 4.78 is 16.3. The molecule has 1 N–H and O–H groups in total. The number of fused-ring (bicyclic) bond motifs is 1. The zero-order valence-electron chi connectivity index (χ0n) is 14.1. The summed E-state index contributed by atoms with van der Waals surface area (Å²) in [4.78, 5) is 20.3. The zero-order chi connectivity index (χ0) is 19.0. The monoisotopic (exact) mass is 385 g/mol. The molecule has 0 spiro atoms. The molecule has 10 heteroatoms. The molecular weight excluding hydrogens is 373 g/mol. The van der Waals surface area contributed by atoms with Crippen LogP contribution in [0.5, 0.6) is 0 Å². The molecule has 0 aliphatic rings. The van der Waals surface area contributed by atoms with Gasteiger partial charge in [0.05, 0.1) is 23.0 Å². The first-order valence-electron chi connectivity index (χ1n) is 7.94. The maximum atomic E-state index is 13.2. The van der Waals surface area contributed by atoms with Gasteiger partial charge in [0, 0.05) is 6.07 Å². The number of aromatic nitrogens is 6. The van der Waals surface area contributed by atoms with Gasteiger partial charge in [-0.1, -0.05) is 0 Å². The van der Waals surface area contributed by atoms with Crippen LogP contribution in [0.25, 0.3) is 22.5 Å². The fraction of sp³-hybridized carbons (Fsp3) is 0.118. The Bertz CT molecular complexity index is 1140. The Labute approximate surface area is 157 Å². The number of anilines is 1. The van der Waals surface area contributed by atoms with E-state index in [0.29, 0.717) is 34.1 Å². The van der Waals surface area contributed by atoms with Crippen molar-refractivity contribution in [3.05, 3.63) is 54.4 Å². The zero-order valence-corrected chi connectivity index (χ0v) is 14.9. The lowest BCUT2D eigenvalue weighted by molar-refractivity contribution is -0.114. The first kappa shape index (κ1) is 17.1. The smallest absolute Gasteiger partial charge is 0.240 e. The lowest BCUT2D eigenvalue weighted by Crippen LogP contribution is -2.16. The second-order valence-electron chi connectivity index (χ2n) is 5.73. The number of carbonyl (C=O) groups is 1. The second-order valence-corrected chi connectivity index (χ2v) is 6.00. The van der Waals surface area contributed by atoms with Crippen LogP contribution in [0.15, 0.2) is 42.9 Å². The third kappa shape index (κ3) is 3.13. The first-order valence-corrected chi connectivity index (χ1v) is 8.48. The number of carbonyl (C=O) groups excluding carboxylic acids is 1. The van der Waals surface area contributed by atoms with Crippen molar-refractivity contribution in [1.82, 2.24) is 29.5 Å². The molecule has 8 nitrogen and oxygen atoms in total. The van der Waals surface area contributed by atoms with Crippen LogP contribution in [0, 0.1) is 12.7 Å². The highest BCUT2D eigenvalue weighted by molar-refractivity contribution is 6.29. The van der Waals surface area contributed by atoms with Gasteiger partial charge in [0.15, 0.2) is 11.5 Å². The number of nitrogens with zero attached hydrogens (tertiary/aromatic N) is 6. The number of benzene rings is 1. The lowest BCUT2D eigenvalue weighted by atomic mass is 10.3. The lowest BCUT2D eigenvalue weighted by Gasteiger charge is -2.08.